The highest BCUT2D eigenvalue weighted by Crippen LogP contribution is 2.13. The molecular formula is C12H24N2O2. The van der Waals surface area contributed by atoms with Gasteiger partial charge in [-0.15, -0.1) is 0 Å². The van der Waals surface area contributed by atoms with Crippen molar-refractivity contribution in [3.63, 3.8) is 0 Å². The van der Waals surface area contributed by atoms with Crippen molar-refractivity contribution in [1.82, 2.24) is 4.90 Å². The van der Waals surface area contributed by atoms with Gasteiger partial charge in [-0.05, 0) is 12.8 Å². The molecule has 0 spiro atoms. The number of hydrogen-bond acceptors (Lipinski definition) is 3. The standard InChI is InChI=1S/C12H24N2O2/c1-3-5-10(13)8-12(15)14-6-7-16-9-11(14)4-2/h10-11H,3-9,13H2,1-2H3. The molecule has 2 unspecified atom stereocenters. The van der Waals surface area contributed by atoms with Crippen LogP contribution < -0.4 is 5.73 Å². The number of rotatable bonds is 5. The summed E-state index contributed by atoms with van der Waals surface area (Å²) >= 11 is 0. The molecule has 4 heteroatoms. The lowest BCUT2D eigenvalue weighted by atomic mass is 10.1. The van der Waals surface area contributed by atoms with Gasteiger partial charge in [0.25, 0.3) is 0 Å². The maximum atomic E-state index is 12.0. The second-order valence-electron chi connectivity index (χ2n) is 4.48. The van der Waals surface area contributed by atoms with Crippen molar-refractivity contribution in [2.75, 3.05) is 19.8 Å². The second kappa shape index (κ2) is 6.86. The zero-order valence-corrected chi connectivity index (χ0v) is 10.4. The first-order valence-corrected chi connectivity index (χ1v) is 6.31. The fourth-order valence-electron chi connectivity index (χ4n) is 2.14. The molecule has 0 radical (unpaired) electrons. The van der Waals surface area contributed by atoms with Gasteiger partial charge in [-0.25, -0.2) is 0 Å². The third-order valence-corrected chi connectivity index (χ3v) is 3.12. The van der Waals surface area contributed by atoms with Crippen LogP contribution in [0, 0.1) is 0 Å². The molecule has 16 heavy (non-hydrogen) atoms. The molecule has 4 nitrogen and oxygen atoms in total. The Morgan fingerprint density at radius 2 is 2.31 bits per heavy atom. The van der Waals surface area contributed by atoms with Crippen molar-refractivity contribution in [2.24, 2.45) is 5.73 Å². The van der Waals surface area contributed by atoms with E-state index in [0.717, 1.165) is 25.8 Å². The Labute approximate surface area is 98.1 Å². The quantitative estimate of drug-likeness (QED) is 0.767. The van der Waals surface area contributed by atoms with Crippen LogP contribution in [-0.4, -0.2) is 42.6 Å². The lowest BCUT2D eigenvalue weighted by molar-refractivity contribution is -0.140. The average Bonchev–Trinajstić information content (AvgIpc) is 2.29. The minimum atomic E-state index is 0.0119. The van der Waals surface area contributed by atoms with Crippen LogP contribution in [0.15, 0.2) is 0 Å². The molecule has 0 aliphatic carbocycles. The van der Waals surface area contributed by atoms with Gasteiger partial charge in [0.2, 0.25) is 5.91 Å². The molecule has 0 aromatic rings. The average molecular weight is 228 g/mol. The summed E-state index contributed by atoms with van der Waals surface area (Å²) < 4.78 is 5.38. The molecule has 1 rings (SSSR count). The van der Waals surface area contributed by atoms with Crippen LogP contribution in [0.4, 0.5) is 0 Å². The first-order chi connectivity index (χ1) is 7.69. The van der Waals surface area contributed by atoms with Gasteiger partial charge in [-0.1, -0.05) is 20.3 Å². The largest absolute Gasteiger partial charge is 0.377 e. The summed E-state index contributed by atoms with van der Waals surface area (Å²) in [7, 11) is 0. The third-order valence-electron chi connectivity index (χ3n) is 3.12. The fraction of sp³-hybridized carbons (Fsp3) is 0.917. The summed E-state index contributed by atoms with van der Waals surface area (Å²) in [5.41, 5.74) is 5.90. The molecule has 0 aromatic heterocycles. The minimum absolute atomic E-state index is 0.0119. The Kier molecular flexibility index (Phi) is 5.77. The highest BCUT2D eigenvalue weighted by molar-refractivity contribution is 5.77. The molecule has 1 fully saturated rings. The van der Waals surface area contributed by atoms with Crippen molar-refractivity contribution in [3.8, 4) is 0 Å². The number of nitrogens with two attached hydrogens (primary N) is 1. The molecule has 94 valence electrons. The SMILES string of the molecule is CCCC(N)CC(=O)N1CCOCC1CC. The summed E-state index contributed by atoms with van der Waals surface area (Å²) in [5.74, 6) is 0.191. The van der Waals surface area contributed by atoms with Gasteiger partial charge in [-0.2, -0.15) is 0 Å². The molecule has 1 aliphatic heterocycles. The summed E-state index contributed by atoms with van der Waals surface area (Å²) in [5, 5.41) is 0. The summed E-state index contributed by atoms with van der Waals surface area (Å²) in [4.78, 5) is 14.0. The predicted molar refractivity (Wildman–Crippen MR) is 64.1 cm³/mol. The van der Waals surface area contributed by atoms with Gasteiger partial charge in [0.05, 0.1) is 19.3 Å². The second-order valence-corrected chi connectivity index (χ2v) is 4.48. The molecule has 0 aromatic carbocycles. The molecule has 1 heterocycles. The number of ether oxygens (including phenoxy) is 1. The molecule has 1 amide bonds. The van der Waals surface area contributed by atoms with Crippen LogP contribution in [0.3, 0.4) is 0 Å². The maximum Gasteiger partial charge on any atom is 0.224 e. The van der Waals surface area contributed by atoms with Crippen molar-refractivity contribution in [2.45, 2.75) is 51.6 Å². The van der Waals surface area contributed by atoms with Crippen LogP contribution >= 0.6 is 0 Å². The summed E-state index contributed by atoms with van der Waals surface area (Å²) in [6.07, 6.45) is 3.39. The smallest absolute Gasteiger partial charge is 0.224 e. The first-order valence-electron chi connectivity index (χ1n) is 6.31. The number of hydrogen-bond donors (Lipinski definition) is 1. The van der Waals surface area contributed by atoms with Crippen LogP contribution in [0.5, 0.6) is 0 Å². The van der Waals surface area contributed by atoms with Crippen molar-refractivity contribution < 1.29 is 9.53 Å². The number of carbonyl (C=O) groups excluding carboxylic acids is 1. The number of carbonyl (C=O) groups is 1. The summed E-state index contributed by atoms with van der Waals surface area (Å²) in [6, 6.07) is 0.257. The third kappa shape index (κ3) is 3.76. The number of nitrogens with zero attached hydrogens (tertiary/aromatic N) is 1. The van der Waals surface area contributed by atoms with Crippen molar-refractivity contribution in [3.05, 3.63) is 0 Å². The van der Waals surface area contributed by atoms with Crippen molar-refractivity contribution in [1.29, 1.82) is 0 Å². The molecule has 0 saturated carbocycles. The lowest BCUT2D eigenvalue weighted by Gasteiger charge is -2.35. The van der Waals surface area contributed by atoms with E-state index in [1.54, 1.807) is 0 Å². The zero-order valence-electron chi connectivity index (χ0n) is 10.4. The molecular weight excluding hydrogens is 204 g/mol. The summed E-state index contributed by atoms with van der Waals surface area (Å²) in [6.45, 7) is 6.23. The van der Waals surface area contributed by atoms with Gasteiger partial charge in [0.15, 0.2) is 0 Å². The van der Waals surface area contributed by atoms with E-state index < -0.39 is 0 Å². The first kappa shape index (κ1) is 13.5. The van der Waals surface area contributed by atoms with Gasteiger partial charge in [-0.3, -0.25) is 4.79 Å². The molecule has 0 bridgehead atoms. The van der Waals surface area contributed by atoms with Gasteiger partial charge in [0, 0.05) is 19.0 Å². The Morgan fingerprint density at radius 3 is 2.94 bits per heavy atom. The van der Waals surface area contributed by atoms with Gasteiger partial charge < -0.3 is 15.4 Å². The normalized spacial score (nSPS) is 23.2. The van der Waals surface area contributed by atoms with Gasteiger partial charge in [0.1, 0.15) is 0 Å². The Bertz CT molecular complexity index is 221. The van der Waals surface area contributed by atoms with Gasteiger partial charge >= 0.3 is 0 Å². The lowest BCUT2D eigenvalue weighted by Crippen LogP contribution is -2.49. The monoisotopic (exact) mass is 228 g/mol. The van der Waals surface area contributed by atoms with Crippen molar-refractivity contribution >= 4 is 5.91 Å². The van der Waals surface area contributed by atoms with E-state index in [9.17, 15) is 4.79 Å². The minimum Gasteiger partial charge on any atom is -0.377 e. The van der Waals surface area contributed by atoms with Crippen LogP contribution in [0.2, 0.25) is 0 Å². The van der Waals surface area contributed by atoms with Crippen LogP contribution in [-0.2, 0) is 9.53 Å². The Morgan fingerprint density at radius 1 is 1.56 bits per heavy atom. The molecule has 2 N–H and O–H groups in total. The maximum absolute atomic E-state index is 12.0. The van der Waals surface area contributed by atoms with Crippen LogP contribution in [0.1, 0.15) is 39.5 Å². The van der Waals surface area contributed by atoms with E-state index in [2.05, 4.69) is 13.8 Å². The molecule has 1 aliphatic rings. The van der Waals surface area contributed by atoms with Crippen LogP contribution in [0.25, 0.3) is 0 Å². The predicted octanol–water partition coefficient (Wildman–Crippen LogP) is 1.14. The van der Waals surface area contributed by atoms with E-state index in [0.29, 0.717) is 19.6 Å². The highest BCUT2D eigenvalue weighted by atomic mass is 16.5. The molecule has 1 saturated heterocycles. The highest BCUT2D eigenvalue weighted by Gasteiger charge is 2.26. The van der Waals surface area contributed by atoms with E-state index in [1.807, 2.05) is 4.90 Å². The number of morpholine rings is 1. The number of amides is 1. The Balaban J connectivity index is 2.44. The topological polar surface area (TPSA) is 55.6 Å². The zero-order chi connectivity index (χ0) is 12.0. The van der Waals surface area contributed by atoms with E-state index in [4.69, 9.17) is 10.5 Å². The van der Waals surface area contributed by atoms with E-state index >= 15 is 0 Å². The fourth-order valence-corrected chi connectivity index (χ4v) is 2.14. The Hall–Kier alpha value is -0.610. The van der Waals surface area contributed by atoms with E-state index in [-0.39, 0.29) is 18.0 Å². The molecule has 2 atom stereocenters. The van der Waals surface area contributed by atoms with E-state index in [1.165, 1.54) is 0 Å².